The molecule has 1 aromatic rings. The van der Waals surface area contributed by atoms with Crippen LogP contribution in [0.3, 0.4) is 0 Å². The first kappa shape index (κ1) is 15.6. The van der Waals surface area contributed by atoms with Crippen LogP contribution in [0.1, 0.15) is 5.56 Å². The maximum absolute atomic E-state index is 12.1. The van der Waals surface area contributed by atoms with Crippen molar-refractivity contribution in [2.24, 2.45) is 0 Å². The van der Waals surface area contributed by atoms with Gasteiger partial charge >= 0.3 is 0 Å². The van der Waals surface area contributed by atoms with Crippen LogP contribution in [-0.4, -0.2) is 68.9 Å². The van der Waals surface area contributed by atoms with Gasteiger partial charge < -0.3 is 5.32 Å². The van der Waals surface area contributed by atoms with Crippen molar-refractivity contribution in [2.75, 3.05) is 23.0 Å². The minimum atomic E-state index is -3.07. The minimum absolute atomic E-state index is 0.103. The van der Waals surface area contributed by atoms with Crippen molar-refractivity contribution in [3.05, 3.63) is 35.9 Å². The Labute approximate surface area is 136 Å². The molecule has 3 fully saturated rings. The summed E-state index contributed by atoms with van der Waals surface area (Å²) in [4.78, 5) is 2.12. The summed E-state index contributed by atoms with van der Waals surface area (Å²) in [5, 5.41) is 3.30. The lowest BCUT2D eigenvalue weighted by Crippen LogP contribution is -2.66. The first-order chi connectivity index (χ1) is 10.8. The Morgan fingerprint density at radius 3 is 1.91 bits per heavy atom. The first-order valence-electron chi connectivity index (χ1n) is 7.80. The molecule has 3 heterocycles. The summed E-state index contributed by atoms with van der Waals surface area (Å²) < 4.78 is 48.2. The predicted molar refractivity (Wildman–Crippen MR) is 87.6 cm³/mol. The highest BCUT2D eigenvalue weighted by Gasteiger charge is 2.53. The summed E-state index contributed by atoms with van der Waals surface area (Å²) in [5.74, 6) is 0.431. The normalized spacial score (nSPS) is 38.1. The van der Waals surface area contributed by atoms with Gasteiger partial charge in [-0.3, -0.25) is 4.90 Å². The van der Waals surface area contributed by atoms with Gasteiger partial charge in [0.2, 0.25) is 0 Å². The number of rotatable bonds is 2. The van der Waals surface area contributed by atoms with E-state index in [9.17, 15) is 16.8 Å². The number of hydrogen-bond acceptors (Lipinski definition) is 6. The topological polar surface area (TPSA) is 83.5 Å². The lowest BCUT2D eigenvalue weighted by atomic mass is 9.96. The Morgan fingerprint density at radius 1 is 0.870 bits per heavy atom. The molecule has 0 saturated carbocycles. The Bertz CT molecular complexity index is 759. The van der Waals surface area contributed by atoms with Crippen LogP contribution in [-0.2, 0) is 26.2 Å². The molecule has 0 aliphatic carbocycles. The van der Waals surface area contributed by atoms with E-state index in [1.165, 1.54) is 0 Å². The number of fused-ring (bicyclic) bond motifs is 2. The van der Waals surface area contributed by atoms with Gasteiger partial charge in [-0.2, -0.15) is 0 Å². The SMILES string of the molecule is O=S1(=O)C[C@@H]2N[C@@H]3CS(=O)(=O)C[C@@H]3N(Cc3ccccc3)[C@H]2C1. The molecular formula is C15H20N2O4S2. The summed E-state index contributed by atoms with van der Waals surface area (Å²) in [7, 11) is -6.13. The van der Waals surface area contributed by atoms with Crippen molar-refractivity contribution in [1.82, 2.24) is 10.2 Å². The molecule has 0 spiro atoms. The van der Waals surface area contributed by atoms with Crippen molar-refractivity contribution in [2.45, 2.75) is 30.7 Å². The molecule has 126 valence electrons. The third kappa shape index (κ3) is 2.93. The number of piperazine rings is 1. The third-order valence-corrected chi connectivity index (χ3v) is 8.57. The maximum atomic E-state index is 12.1. The monoisotopic (exact) mass is 356 g/mol. The Kier molecular flexibility index (Phi) is 3.57. The zero-order valence-electron chi connectivity index (χ0n) is 12.6. The number of nitrogens with one attached hydrogen (secondary N) is 1. The second-order valence-electron chi connectivity index (χ2n) is 6.83. The number of sulfone groups is 2. The van der Waals surface area contributed by atoms with E-state index in [1.54, 1.807) is 0 Å². The highest BCUT2D eigenvalue weighted by molar-refractivity contribution is 7.92. The average molecular weight is 356 g/mol. The quantitative estimate of drug-likeness (QED) is 0.764. The van der Waals surface area contributed by atoms with Crippen molar-refractivity contribution >= 4 is 19.7 Å². The van der Waals surface area contributed by atoms with Gasteiger partial charge in [-0.25, -0.2) is 16.8 Å². The summed E-state index contributed by atoms with van der Waals surface area (Å²) in [6.07, 6.45) is 0. The van der Waals surface area contributed by atoms with E-state index in [-0.39, 0.29) is 47.2 Å². The zero-order valence-corrected chi connectivity index (χ0v) is 14.3. The molecule has 1 aromatic carbocycles. The molecule has 0 aromatic heterocycles. The lowest BCUT2D eigenvalue weighted by molar-refractivity contribution is 0.0678. The van der Waals surface area contributed by atoms with E-state index in [0.717, 1.165) is 5.56 Å². The highest BCUT2D eigenvalue weighted by atomic mass is 32.2. The standard InChI is InChI=1S/C15H20N2O4S2/c18-22(19)7-12-14(9-22)17(6-11-4-2-1-3-5-11)15-10-23(20,21)8-13(15)16-12/h1-5,12-16H,6-10H2/t12-,13+,14-,15-/m0/s1. The van der Waals surface area contributed by atoms with Crippen LogP contribution in [0.25, 0.3) is 0 Å². The van der Waals surface area contributed by atoms with Crippen LogP contribution >= 0.6 is 0 Å². The second-order valence-corrected chi connectivity index (χ2v) is 11.1. The predicted octanol–water partition coefficient (Wildman–Crippen LogP) is -0.577. The minimum Gasteiger partial charge on any atom is -0.306 e. The van der Waals surface area contributed by atoms with Gasteiger partial charge in [0, 0.05) is 30.7 Å². The second kappa shape index (κ2) is 5.27. The van der Waals surface area contributed by atoms with E-state index < -0.39 is 19.7 Å². The fourth-order valence-electron chi connectivity index (χ4n) is 4.18. The Balaban J connectivity index is 1.68. The van der Waals surface area contributed by atoms with Crippen molar-refractivity contribution in [1.29, 1.82) is 0 Å². The Morgan fingerprint density at radius 2 is 1.39 bits per heavy atom. The van der Waals surface area contributed by atoms with Gasteiger partial charge in [-0.1, -0.05) is 30.3 Å². The molecule has 0 bridgehead atoms. The number of nitrogens with zero attached hydrogens (tertiary/aromatic N) is 1. The first-order valence-corrected chi connectivity index (χ1v) is 11.4. The molecule has 3 saturated heterocycles. The van der Waals surface area contributed by atoms with E-state index in [1.807, 2.05) is 30.3 Å². The number of hydrogen-bond donors (Lipinski definition) is 1. The molecule has 0 unspecified atom stereocenters. The average Bonchev–Trinajstić information content (AvgIpc) is 2.93. The van der Waals surface area contributed by atoms with Crippen LogP contribution in [0.15, 0.2) is 30.3 Å². The number of benzene rings is 1. The van der Waals surface area contributed by atoms with E-state index >= 15 is 0 Å². The summed E-state index contributed by atoms with van der Waals surface area (Å²) in [6, 6.07) is 9.21. The molecule has 3 aliphatic heterocycles. The van der Waals surface area contributed by atoms with Crippen molar-refractivity contribution in [3.8, 4) is 0 Å². The van der Waals surface area contributed by atoms with Gasteiger partial charge in [0.05, 0.1) is 23.0 Å². The fourth-order valence-corrected chi connectivity index (χ4v) is 8.07. The van der Waals surface area contributed by atoms with Gasteiger partial charge in [0.25, 0.3) is 0 Å². The van der Waals surface area contributed by atoms with Gasteiger partial charge in [-0.15, -0.1) is 0 Å². The summed E-state index contributed by atoms with van der Waals surface area (Å²) in [5.41, 5.74) is 1.08. The third-order valence-electron chi connectivity index (χ3n) is 5.13. The van der Waals surface area contributed by atoms with Gasteiger partial charge in [-0.05, 0) is 5.56 Å². The molecule has 4 rings (SSSR count). The smallest absolute Gasteiger partial charge is 0.153 e. The van der Waals surface area contributed by atoms with E-state index in [2.05, 4.69) is 10.2 Å². The van der Waals surface area contributed by atoms with Gasteiger partial charge in [0.15, 0.2) is 19.7 Å². The van der Waals surface area contributed by atoms with Crippen LogP contribution < -0.4 is 5.32 Å². The fraction of sp³-hybridized carbons (Fsp3) is 0.600. The highest BCUT2D eigenvalue weighted by Crippen LogP contribution is 2.32. The molecule has 0 radical (unpaired) electrons. The molecule has 6 nitrogen and oxygen atoms in total. The molecular weight excluding hydrogens is 336 g/mol. The van der Waals surface area contributed by atoms with Crippen molar-refractivity contribution < 1.29 is 16.8 Å². The largest absolute Gasteiger partial charge is 0.306 e. The Hall–Kier alpha value is -0.960. The van der Waals surface area contributed by atoms with Crippen LogP contribution in [0.4, 0.5) is 0 Å². The molecule has 8 heteroatoms. The van der Waals surface area contributed by atoms with Gasteiger partial charge in [0.1, 0.15) is 0 Å². The lowest BCUT2D eigenvalue weighted by Gasteiger charge is -2.45. The molecule has 0 amide bonds. The van der Waals surface area contributed by atoms with Crippen LogP contribution in [0.5, 0.6) is 0 Å². The maximum Gasteiger partial charge on any atom is 0.153 e. The zero-order chi connectivity index (χ0) is 16.2. The van der Waals surface area contributed by atoms with Crippen LogP contribution in [0, 0.1) is 0 Å². The molecule has 3 aliphatic rings. The van der Waals surface area contributed by atoms with E-state index in [0.29, 0.717) is 6.54 Å². The molecule has 4 atom stereocenters. The van der Waals surface area contributed by atoms with E-state index in [4.69, 9.17) is 0 Å². The summed E-state index contributed by atoms with van der Waals surface area (Å²) in [6.45, 7) is 0.593. The summed E-state index contributed by atoms with van der Waals surface area (Å²) >= 11 is 0. The molecule has 1 N–H and O–H groups in total. The van der Waals surface area contributed by atoms with Crippen LogP contribution in [0.2, 0.25) is 0 Å². The molecule has 23 heavy (non-hydrogen) atoms. The van der Waals surface area contributed by atoms with Crippen molar-refractivity contribution in [3.63, 3.8) is 0 Å².